The SMILES string of the molecule is CCOC(=O)c1ccc(-n2nnnc2C2(N(C)C(C)=O)CCC(C)CC2)cc1. The molecule has 1 saturated carbocycles. The second-order valence-electron chi connectivity index (χ2n) is 7.47. The fourth-order valence-corrected chi connectivity index (χ4v) is 3.85. The van der Waals surface area contributed by atoms with E-state index < -0.39 is 5.54 Å². The maximum Gasteiger partial charge on any atom is 0.338 e. The van der Waals surface area contributed by atoms with Crippen molar-refractivity contribution in [1.29, 1.82) is 0 Å². The third-order valence-electron chi connectivity index (χ3n) is 5.72. The van der Waals surface area contributed by atoms with Crippen LogP contribution in [0.15, 0.2) is 24.3 Å². The summed E-state index contributed by atoms with van der Waals surface area (Å²) in [5, 5.41) is 12.4. The van der Waals surface area contributed by atoms with Crippen LogP contribution in [-0.4, -0.2) is 50.6 Å². The van der Waals surface area contributed by atoms with Crippen LogP contribution in [0.5, 0.6) is 0 Å². The van der Waals surface area contributed by atoms with E-state index in [0.717, 1.165) is 31.4 Å². The lowest BCUT2D eigenvalue weighted by Crippen LogP contribution is -2.50. The zero-order valence-corrected chi connectivity index (χ0v) is 16.9. The Morgan fingerprint density at radius 2 is 1.89 bits per heavy atom. The summed E-state index contributed by atoms with van der Waals surface area (Å²) in [5.41, 5.74) is 0.673. The average Bonchev–Trinajstić information content (AvgIpc) is 3.19. The lowest BCUT2D eigenvalue weighted by atomic mass is 9.75. The molecule has 8 heteroatoms. The fraction of sp³-hybridized carbons (Fsp3) is 0.550. The number of aromatic nitrogens is 4. The van der Waals surface area contributed by atoms with Gasteiger partial charge in [0.15, 0.2) is 5.82 Å². The van der Waals surface area contributed by atoms with Gasteiger partial charge in [0.1, 0.15) is 5.54 Å². The lowest BCUT2D eigenvalue weighted by Gasteiger charge is -2.44. The molecule has 1 heterocycles. The highest BCUT2D eigenvalue weighted by Crippen LogP contribution is 2.43. The van der Waals surface area contributed by atoms with Crippen LogP contribution in [0.25, 0.3) is 5.69 Å². The summed E-state index contributed by atoms with van der Waals surface area (Å²) in [7, 11) is 1.82. The van der Waals surface area contributed by atoms with Crippen molar-refractivity contribution in [2.45, 2.75) is 52.0 Å². The molecule has 0 aliphatic heterocycles. The van der Waals surface area contributed by atoms with E-state index in [2.05, 4.69) is 22.4 Å². The van der Waals surface area contributed by atoms with Crippen molar-refractivity contribution in [3.05, 3.63) is 35.7 Å². The van der Waals surface area contributed by atoms with Crippen molar-refractivity contribution < 1.29 is 14.3 Å². The van der Waals surface area contributed by atoms with Crippen molar-refractivity contribution >= 4 is 11.9 Å². The Kier molecular flexibility index (Phi) is 5.76. The van der Waals surface area contributed by atoms with Crippen LogP contribution in [0.1, 0.15) is 62.6 Å². The van der Waals surface area contributed by atoms with Crippen molar-refractivity contribution in [3.8, 4) is 5.69 Å². The molecule has 0 radical (unpaired) electrons. The molecule has 8 nitrogen and oxygen atoms in total. The molecule has 0 atom stereocenters. The number of ether oxygens (including phenoxy) is 1. The number of amides is 1. The third-order valence-corrected chi connectivity index (χ3v) is 5.72. The van der Waals surface area contributed by atoms with Gasteiger partial charge in [-0.25, -0.2) is 4.79 Å². The number of benzene rings is 1. The van der Waals surface area contributed by atoms with Crippen molar-refractivity contribution in [3.63, 3.8) is 0 Å². The van der Waals surface area contributed by atoms with E-state index in [-0.39, 0.29) is 11.9 Å². The minimum absolute atomic E-state index is 0.0123. The first kappa shape index (κ1) is 20.0. The van der Waals surface area contributed by atoms with E-state index in [1.807, 2.05) is 7.05 Å². The molecule has 1 fully saturated rings. The van der Waals surface area contributed by atoms with Gasteiger partial charge in [0.2, 0.25) is 5.91 Å². The van der Waals surface area contributed by atoms with Gasteiger partial charge in [-0.15, -0.1) is 5.10 Å². The summed E-state index contributed by atoms with van der Waals surface area (Å²) in [6.45, 7) is 5.91. The van der Waals surface area contributed by atoms with Gasteiger partial charge in [0.05, 0.1) is 17.9 Å². The first-order valence-electron chi connectivity index (χ1n) is 9.70. The van der Waals surface area contributed by atoms with Gasteiger partial charge in [-0.3, -0.25) is 4.79 Å². The second-order valence-corrected chi connectivity index (χ2v) is 7.47. The summed E-state index contributed by atoms with van der Waals surface area (Å²) >= 11 is 0. The van der Waals surface area contributed by atoms with E-state index in [4.69, 9.17) is 4.74 Å². The minimum atomic E-state index is -0.540. The average molecular weight is 385 g/mol. The predicted octanol–water partition coefficient (Wildman–Crippen LogP) is 2.72. The Hall–Kier alpha value is -2.77. The molecule has 1 aliphatic rings. The highest BCUT2D eigenvalue weighted by Gasteiger charge is 2.45. The monoisotopic (exact) mass is 385 g/mol. The molecule has 28 heavy (non-hydrogen) atoms. The maximum atomic E-state index is 12.3. The zero-order chi connectivity index (χ0) is 20.3. The van der Waals surface area contributed by atoms with E-state index in [1.54, 1.807) is 47.7 Å². The third kappa shape index (κ3) is 3.63. The molecule has 1 aromatic heterocycles. The van der Waals surface area contributed by atoms with Crippen LogP contribution in [0.2, 0.25) is 0 Å². The molecule has 0 N–H and O–H groups in total. The summed E-state index contributed by atoms with van der Waals surface area (Å²) in [5.74, 6) is 0.893. The molecule has 3 rings (SSSR count). The number of tetrazole rings is 1. The van der Waals surface area contributed by atoms with E-state index in [0.29, 0.717) is 23.9 Å². The van der Waals surface area contributed by atoms with Crippen molar-refractivity contribution in [2.75, 3.05) is 13.7 Å². The van der Waals surface area contributed by atoms with Crippen molar-refractivity contribution in [1.82, 2.24) is 25.1 Å². The van der Waals surface area contributed by atoms with Gasteiger partial charge >= 0.3 is 5.97 Å². The predicted molar refractivity (Wildman–Crippen MR) is 103 cm³/mol. The van der Waals surface area contributed by atoms with E-state index >= 15 is 0 Å². The highest BCUT2D eigenvalue weighted by molar-refractivity contribution is 5.89. The molecule has 0 saturated heterocycles. The van der Waals surface area contributed by atoms with E-state index in [9.17, 15) is 9.59 Å². The first-order valence-corrected chi connectivity index (χ1v) is 9.70. The maximum absolute atomic E-state index is 12.3. The quantitative estimate of drug-likeness (QED) is 0.735. The number of carbonyl (C=O) groups excluding carboxylic acids is 2. The summed E-state index contributed by atoms with van der Waals surface area (Å²) in [4.78, 5) is 25.9. The first-order chi connectivity index (χ1) is 13.4. The molecular weight excluding hydrogens is 358 g/mol. The Balaban J connectivity index is 1.99. The van der Waals surface area contributed by atoms with Gasteiger partial charge in [0, 0.05) is 14.0 Å². The molecule has 1 aromatic carbocycles. The second kappa shape index (κ2) is 8.08. The van der Waals surface area contributed by atoms with Gasteiger partial charge in [0.25, 0.3) is 0 Å². The molecule has 150 valence electrons. The Bertz CT molecular complexity index is 838. The number of esters is 1. The van der Waals surface area contributed by atoms with Gasteiger partial charge in [-0.1, -0.05) is 6.92 Å². The smallest absolute Gasteiger partial charge is 0.338 e. The number of nitrogens with zero attached hydrogens (tertiary/aromatic N) is 5. The summed E-state index contributed by atoms with van der Waals surface area (Å²) in [6.07, 6.45) is 3.63. The van der Waals surface area contributed by atoms with Crippen LogP contribution in [0.4, 0.5) is 0 Å². The highest BCUT2D eigenvalue weighted by atomic mass is 16.5. The van der Waals surface area contributed by atoms with Gasteiger partial charge < -0.3 is 9.64 Å². The largest absolute Gasteiger partial charge is 0.462 e. The Morgan fingerprint density at radius 1 is 1.25 bits per heavy atom. The van der Waals surface area contributed by atoms with Crippen LogP contribution in [-0.2, 0) is 15.1 Å². The minimum Gasteiger partial charge on any atom is -0.462 e. The van der Waals surface area contributed by atoms with Crippen LogP contribution >= 0.6 is 0 Å². The molecule has 2 aromatic rings. The number of carbonyl (C=O) groups is 2. The number of rotatable bonds is 5. The lowest BCUT2D eigenvalue weighted by molar-refractivity contribution is -0.136. The summed E-state index contributed by atoms with van der Waals surface area (Å²) < 4.78 is 6.70. The fourth-order valence-electron chi connectivity index (χ4n) is 3.85. The Labute approximate surface area is 164 Å². The van der Waals surface area contributed by atoms with E-state index in [1.165, 1.54) is 0 Å². The van der Waals surface area contributed by atoms with Gasteiger partial charge in [-0.2, -0.15) is 4.68 Å². The molecule has 0 bridgehead atoms. The Morgan fingerprint density at radius 3 is 2.46 bits per heavy atom. The normalized spacial score (nSPS) is 21.9. The van der Waals surface area contributed by atoms with Gasteiger partial charge in [-0.05, 0) is 73.2 Å². The van der Waals surface area contributed by atoms with Crippen LogP contribution < -0.4 is 0 Å². The molecule has 0 spiro atoms. The molecule has 0 unspecified atom stereocenters. The molecule has 1 aliphatic carbocycles. The zero-order valence-electron chi connectivity index (χ0n) is 16.9. The number of hydrogen-bond donors (Lipinski definition) is 0. The standard InChI is InChI=1S/C20H27N5O3/c1-5-28-18(27)16-6-8-17(9-7-16)25-19(21-22-23-25)20(24(4)15(3)26)12-10-14(2)11-13-20/h6-9,14H,5,10-13H2,1-4H3. The molecule has 1 amide bonds. The topological polar surface area (TPSA) is 90.2 Å². The summed E-state index contributed by atoms with van der Waals surface area (Å²) in [6, 6.07) is 6.98. The van der Waals surface area contributed by atoms with Crippen molar-refractivity contribution in [2.24, 2.45) is 5.92 Å². The number of hydrogen-bond acceptors (Lipinski definition) is 6. The van der Waals surface area contributed by atoms with Crippen LogP contribution in [0, 0.1) is 5.92 Å². The molecular formula is C20H27N5O3. The van der Waals surface area contributed by atoms with Crippen LogP contribution in [0.3, 0.4) is 0 Å².